The maximum absolute atomic E-state index is 13.1. The standard InChI is InChI=1S/C19H19N3O2S/c1-9-10(2)25-18-15(9)19(23)22-7-6-12-13-8-11(24-3)4-5-14(13)20-16(12)17(22)21-18/h4-5,8,15,18,20H,6-7H2,1-3H3. The number of hydrogen-bond donors (Lipinski definition) is 1. The number of ether oxygens (including phenoxy) is 1. The largest absolute Gasteiger partial charge is 0.497 e. The number of hydrogen-bond acceptors (Lipinski definition) is 4. The van der Waals surface area contributed by atoms with Crippen LogP contribution in [0.2, 0.25) is 0 Å². The number of nitrogens with zero attached hydrogens (tertiary/aromatic N) is 2. The Hall–Kier alpha value is -2.21. The maximum atomic E-state index is 13.1. The minimum absolute atomic E-state index is 0.0225. The van der Waals surface area contributed by atoms with Gasteiger partial charge in [0, 0.05) is 17.4 Å². The SMILES string of the molecule is COc1ccc2[nH]c3c(c2c1)CCN1C(=O)C2C(C)=C(C)SC2N=C31. The first-order valence-electron chi connectivity index (χ1n) is 8.50. The molecule has 2 unspecified atom stereocenters. The second-order valence-corrected chi connectivity index (χ2v) is 8.14. The first kappa shape index (κ1) is 15.1. The van der Waals surface area contributed by atoms with Crippen molar-refractivity contribution in [3.05, 3.63) is 39.9 Å². The number of benzene rings is 1. The Morgan fingerprint density at radius 2 is 2.20 bits per heavy atom. The second-order valence-electron chi connectivity index (χ2n) is 6.81. The number of allylic oxidation sites excluding steroid dienone is 1. The van der Waals surface area contributed by atoms with Crippen molar-refractivity contribution in [2.45, 2.75) is 25.6 Å². The summed E-state index contributed by atoms with van der Waals surface area (Å²) in [5.41, 5.74) is 4.47. The first-order valence-corrected chi connectivity index (χ1v) is 9.38. The molecule has 0 bridgehead atoms. The summed E-state index contributed by atoms with van der Waals surface area (Å²) in [5, 5.41) is 1.14. The van der Waals surface area contributed by atoms with E-state index in [1.807, 2.05) is 17.0 Å². The number of methoxy groups -OCH3 is 1. The number of fused-ring (bicyclic) bond motifs is 6. The summed E-state index contributed by atoms with van der Waals surface area (Å²) < 4.78 is 5.37. The molecule has 1 amide bonds. The van der Waals surface area contributed by atoms with Crippen molar-refractivity contribution >= 4 is 34.4 Å². The van der Waals surface area contributed by atoms with Crippen molar-refractivity contribution in [3.8, 4) is 5.75 Å². The van der Waals surface area contributed by atoms with E-state index in [2.05, 4.69) is 24.9 Å². The molecule has 0 saturated carbocycles. The monoisotopic (exact) mass is 353 g/mol. The third-order valence-corrected chi connectivity index (χ3v) is 6.86. The molecule has 0 fully saturated rings. The van der Waals surface area contributed by atoms with Gasteiger partial charge in [-0.25, -0.2) is 0 Å². The highest BCUT2D eigenvalue weighted by atomic mass is 32.2. The molecule has 1 N–H and O–H groups in total. The highest BCUT2D eigenvalue weighted by molar-refractivity contribution is 8.04. The highest BCUT2D eigenvalue weighted by Gasteiger charge is 2.46. The number of amides is 1. The Kier molecular flexibility index (Phi) is 3.10. The van der Waals surface area contributed by atoms with Crippen LogP contribution < -0.4 is 4.74 Å². The molecule has 1 aromatic heterocycles. The van der Waals surface area contributed by atoms with E-state index in [0.717, 1.165) is 34.6 Å². The van der Waals surface area contributed by atoms with E-state index in [4.69, 9.17) is 9.73 Å². The molecular formula is C19H19N3O2S. The van der Waals surface area contributed by atoms with Crippen LogP contribution in [0.15, 0.2) is 33.7 Å². The zero-order valence-corrected chi connectivity index (χ0v) is 15.2. The fourth-order valence-electron chi connectivity index (χ4n) is 4.09. The van der Waals surface area contributed by atoms with E-state index in [1.165, 1.54) is 16.0 Å². The summed E-state index contributed by atoms with van der Waals surface area (Å²) in [4.78, 5) is 24.7. The van der Waals surface area contributed by atoms with Crippen LogP contribution in [0.4, 0.5) is 0 Å². The molecule has 3 aliphatic heterocycles. The lowest BCUT2D eigenvalue weighted by Gasteiger charge is -2.36. The van der Waals surface area contributed by atoms with Crippen LogP contribution in [-0.2, 0) is 11.2 Å². The molecule has 0 radical (unpaired) electrons. The van der Waals surface area contributed by atoms with Crippen LogP contribution >= 0.6 is 11.8 Å². The van der Waals surface area contributed by atoms with Crippen LogP contribution in [0, 0.1) is 5.92 Å². The highest BCUT2D eigenvalue weighted by Crippen LogP contribution is 2.46. The van der Waals surface area contributed by atoms with Crippen molar-refractivity contribution in [1.82, 2.24) is 9.88 Å². The van der Waals surface area contributed by atoms with E-state index in [0.29, 0.717) is 6.54 Å². The lowest BCUT2D eigenvalue weighted by molar-refractivity contribution is -0.131. The van der Waals surface area contributed by atoms with Gasteiger partial charge in [0.2, 0.25) is 5.91 Å². The maximum Gasteiger partial charge on any atom is 0.238 e. The number of amidine groups is 1. The van der Waals surface area contributed by atoms with Gasteiger partial charge in [0.15, 0.2) is 5.84 Å². The van der Waals surface area contributed by atoms with Gasteiger partial charge >= 0.3 is 0 Å². The summed E-state index contributed by atoms with van der Waals surface area (Å²) in [6, 6.07) is 6.05. The Morgan fingerprint density at radius 1 is 1.36 bits per heavy atom. The Labute approximate surface area is 150 Å². The van der Waals surface area contributed by atoms with Crippen LogP contribution in [0.1, 0.15) is 25.1 Å². The molecule has 0 saturated heterocycles. The van der Waals surface area contributed by atoms with E-state index in [1.54, 1.807) is 18.9 Å². The molecule has 3 aliphatic rings. The van der Waals surface area contributed by atoms with E-state index in [9.17, 15) is 4.79 Å². The van der Waals surface area contributed by atoms with Crippen molar-refractivity contribution in [2.75, 3.05) is 13.7 Å². The van der Waals surface area contributed by atoms with Crippen molar-refractivity contribution in [2.24, 2.45) is 10.9 Å². The number of rotatable bonds is 1. The topological polar surface area (TPSA) is 57.7 Å². The lowest BCUT2D eigenvalue weighted by Crippen LogP contribution is -2.50. The van der Waals surface area contributed by atoms with Crippen molar-refractivity contribution < 1.29 is 9.53 Å². The molecule has 2 aromatic rings. The molecule has 2 atom stereocenters. The Morgan fingerprint density at radius 3 is 3.00 bits per heavy atom. The van der Waals surface area contributed by atoms with Crippen molar-refractivity contribution in [1.29, 1.82) is 0 Å². The summed E-state index contributed by atoms with van der Waals surface area (Å²) in [6.07, 6.45) is 0.833. The predicted octanol–water partition coefficient (Wildman–Crippen LogP) is 3.30. The van der Waals surface area contributed by atoms with Gasteiger partial charge in [-0.2, -0.15) is 0 Å². The van der Waals surface area contributed by atoms with E-state index in [-0.39, 0.29) is 17.2 Å². The number of H-pyrrole nitrogens is 1. The summed E-state index contributed by atoms with van der Waals surface area (Å²) in [5.74, 6) is 1.75. The molecule has 5 rings (SSSR count). The summed E-state index contributed by atoms with van der Waals surface area (Å²) in [7, 11) is 1.68. The summed E-state index contributed by atoms with van der Waals surface area (Å²) >= 11 is 1.72. The van der Waals surface area contributed by atoms with Gasteiger partial charge in [-0.05, 0) is 54.5 Å². The molecule has 1 aromatic carbocycles. The minimum Gasteiger partial charge on any atom is -0.497 e. The lowest BCUT2D eigenvalue weighted by atomic mass is 9.94. The van der Waals surface area contributed by atoms with Gasteiger partial charge in [0.05, 0.1) is 18.7 Å². The van der Waals surface area contributed by atoms with Gasteiger partial charge in [0.25, 0.3) is 0 Å². The number of thioether (sulfide) groups is 1. The minimum atomic E-state index is -0.0974. The van der Waals surface area contributed by atoms with E-state index >= 15 is 0 Å². The van der Waals surface area contributed by atoms with Crippen LogP contribution in [0.5, 0.6) is 5.75 Å². The third kappa shape index (κ3) is 1.97. The summed E-state index contributed by atoms with van der Waals surface area (Å²) in [6.45, 7) is 4.84. The van der Waals surface area contributed by atoms with Gasteiger partial charge in [0.1, 0.15) is 11.1 Å². The number of nitrogens with one attached hydrogen (secondary N) is 1. The number of aromatic nitrogens is 1. The number of carbonyl (C=O) groups is 1. The second kappa shape index (κ2) is 5.14. The molecule has 0 aliphatic carbocycles. The zero-order valence-electron chi connectivity index (χ0n) is 14.4. The van der Waals surface area contributed by atoms with Gasteiger partial charge in [-0.15, -0.1) is 11.8 Å². The van der Waals surface area contributed by atoms with Crippen molar-refractivity contribution in [3.63, 3.8) is 0 Å². The predicted molar refractivity (Wildman–Crippen MR) is 100 cm³/mol. The fourth-order valence-corrected chi connectivity index (χ4v) is 5.37. The first-order chi connectivity index (χ1) is 12.1. The Balaban J connectivity index is 1.67. The normalized spacial score (nSPS) is 25.0. The average molecular weight is 353 g/mol. The quantitative estimate of drug-likeness (QED) is 0.856. The van der Waals surface area contributed by atoms with Gasteiger partial charge in [-0.3, -0.25) is 14.7 Å². The molecule has 5 nitrogen and oxygen atoms in total. The van der Waals surface area contributed by atoms with Crippen LogP contribution in [0.25, 0.3) is 10.9 Å². The smallest absolute Gasteiger partial charge is 0.238 e. The molecule has 6 heteroatoms. The van der Waals surface area contributed by atoms with Gasteiger partial charge in [-0.1, -0.05) is 0 Å². The molecular weight excluding hydrogens is 334 g/mol. The molecule has 0 spiro atoms. The molecule has 4 heterocycles. The number of aliphatic imine (C=N–C) groups is 1. The van der Waals surface area contributed by atoms with Gasteiger partial charge < -0.3 is 9.72 Å². The third-order valence-electron chi connectivity index (χ3n) is 5.56. The molecule has 128 valence electrons. The fraction of sp³-hybridized carbons (Fsp3) is 0.368. The number of carbonyl (C=O) groups excluding carboxylic acids is 1. The Bertz CT molecular complexity index is 988. The molecule has 25 heavy (non-hydrogen) atoms. The van der Waals surface area contributed by atoms with Crippen LogP contribution in [0.3, 0.4) is 0 Å². The zero-order chi connectivity index (χ0) is 17.3. The number of aromatic amines is 1. The average Bonchev–Trinajstić information content (AvgIpc) is 3.12. The van der Waals surface area contributed by atoms with Crippen LogP contribution in [-0.4, -0.2) is 40.7 Å². The van der Waals surface area contributed by atoms with E-state index < -0.39 is 0 Å².